The highest BCUT2D eigenvalue weighted by Gasteiger charge is 2.15. The molecule has 4 aromatic rings. The van der Waals surface area contributed by atoms with E-state index in [2.05, 4.69) is 22.4 Å². The standard InChI is InChI=1S/C25H23N3O2S/c1-30-20-14-12-19(13-15-20)21-17-26-25(24(27-21)22-10-6-16-31-22)28-23(29)11-5-9-18-7-3-2-4-8-18/h2-4,6-8,10,12-17H,5,9,11H2,1H3,(H,26,28,29). The van der Waals surface area contributed by atoms with E-state index < -0.39 is 0 Å². The highest BCUT2D eigenvalue weighted by molar-refractivity contribution is 7.13. The van der Waals surface area contributed by atoms with Crippen LogP contribution in [0.1, 0.15) is 18.4 Å². The van der Waals surface area contributed by atoms with Gasteiger partial charge in [0.15, 0.2) is 5.82 Å². The van der Waals surface area contributed by atoms with Crippen molar-refractivity contribution in [2.75, 3.05) is 12.4 Å². The summed E-state index contributed by atoms with van der Waals surface area (Å²) < 4.78 is 5.23. The lowest BCUT2D eigenvalue weighted by molar-refractivity contribution is -0.116. The van der Waals surface area contributed by atoms with E-state index in [1.165, 1.54) is 5.56 Å². The second kappa shape index (κ2) is 10.00. The molecule has 4 rings (SSSR count). The van der Waals surface area contributed by atoms with E-state index in [1.807, 2.05) is 60.0 Å². The van der Waals surface area contributed by atoms with Gasteiger partial charge in [-0.05, 0) is 54.1 Å². The van der Waals surface area contributed by atoms with Crippen LogP contribution in [0.2, 0.25) is 0 Å². The highest BCUT2D eigenvalue weighted by atomic mass is 32.1. The van der Waals surface area contributed by atoms with Crippen molar-refractivity contribution in [3.05, 3.63) is 83.9 Å². The van der Waals surface area contributed by atoms with Crippen molar-refractivity contribution in [1.82, 2.24) is 9.97 Å². The summed E-state index contributed by atoms with van der Waals surface area (Å²) in [7, 11) is 1.64. The number of carbonyl (C=O) groups is 1. The van der Waals surface area contributed by atoms with Gasteiger partial charge in [0.05, 0.1) is 23.9 Å². The minimum atomic E-state index is -0.0553. The number of hydrogen-bond acceptors (Lipinski definition) is 5. The Morgan fingerprint density at radius 1 is 1.03 bits per heavy atom. The molecule has 156 valence electrons. The molecule has 1 N–H and O–H groups in total. The van der Waals surface area contributed by atoms with Crippen molar-refractivity contribution in [3.63, 3.8) is 0 Å². The number of aryl methyl sites for hydroxylation is 1. The second-order valence-corrected chi connectivity index (χ2v) is 7.99. The smallest absolute Gasteiger partial charge is 0.225 e. The van der Waals surface area contributed by atoms with Gasteiger partial charge < -0.3 is 10.1 Å². The van der Waals surface area contributed by atoms with Crippen molar-refractivity contribution in [3.8, 4) is 27.6 Å². The number of carbonyl (C=O) groups excluding carboxylic acids is 1. The van der Waals surface area contributed by atoms with Crippen molar-refractivity contribution >= 4 is 23.1 Å². The van der Waals surface area contributed by atoms with Gasteiger partial charge in [0.25, 0.3) is 0 Å². The minimum absolute atomic E-state index is 0.0553. The maximum Gasteiger partial charge on any atom is 0.225 e. The fourth-order valence-electron chi connectivity index (χ4n) is 3.26. The van der Waals surface area contributed by atoms with Gasteiger partial charge in [-0.25, -0.2) is 9.97 Å². The Hall–Kier alpha value is -3.51. The zero-order valence-electron chi connectivity index (χ0n) is 17.2. The normalized spacial score (nSPS) is 10.6. The highest BCUT2D eigenvalue weighted by Crippen LogP contribution is 2.31. The Balaban J connectivity index is 1.50. The van der Waals surface area contributed by atoms with Gasteiger partial charge in [-0.15, -0.1) is 11.3 Å². The van der Waals surface area contributed by atoms with E-state index in [-0.39, 0.29) is 5.91 Å². The Morgan fingerprint density at radius 2 is 1.84 bits per heavy atom. The Morgan fingerprint density at radius 3 is 2.55 bits per heavy atom. The van der Waals surface area contributed by atoms with E-state index in [9.17, 15) is 4.79 Å². The van der Waals surface area contributed by atoms with Gasteiger partial charge in [0.1, 0.15) is 11.4 Å². The first kappa shape index (κ1) is 20.8. The lowest BCUT2D eigenvalue weighted by Gasteiger charge is -2.11. The summed E-state index contributed by atoms with van der Waals surface area (Å²) in [6.07, 6.45) is 3.77. The molecule has 0 fully saturated rings. The summed E-state index contributed by atoms with van der Waals surface area (Å²) in [6, 6.07) is 21.8. The maximum absolute atomic E-state index is 12.6. The summed E-state index contributed by atoms with van der Waals surface area (Å²) in [5, 5.41) is 4.94. The molecule has 2 aromatic carbocycles. The largest absolute Gasteiger partial charge is 0.497 e. The summed E-state index contributed by atoms with van der Waals surface area (Å²) in [4.78, 5) is 22.9. The van der Waals surface area contributed by atoms with E-state index >= 15 is 0 Å². The van der Waals surface area contributed by atoms with Gasteiger partial charge in [0.2, 0.25) is 5.91 Å². The molecule has 0 spiro atoms. The minimum Gasteiger partial charge on any atom is -0.497 e. The van der Waals surface area contributed by atoms with Gasteiger partial charge in [-0.2, -0.15) is 0 Å². The molecular formula is C25H23N3O2S. The summed E-state index contributed by atoms with van der Waals surface area (Å²) in [6.45, 7) is 0. The zero-order valence-corrected chi connectivity index (χ0v) is 18.1. The average molecular weight is 430 g/mol. The molecule has 0 saturated heterocycles. The molecule has 2 aromatic heterocycles. The molecule has 31 heavy (non-hydrogen) atoms. The molecule has 6 heteroatoms. The van der Waals surface area contributed by atoms with Crippen LogP contribution >= 0.6 is 11.3 Å². The number of aromatic nitrogens is 2. The average Bonchev–Trinajstić information content (AvgIpc) is 3.35. The quantitative estimate of drug-likeness (QED) is 0.382. The van der Waals surface area contributed by atoms with Crippen LogP contribution in [-0.4, -0.2) is 23.0 Å². The van der Waals surface area contributed by atoms with E-state index in [4.69, 9.17) is 9.72 Å². The molecule has 0 aliphatic rings. The van der Waals surface area contributed by atoms with E-state index in [1.54, 1.807) is 24.6 Å². The van der Waals surface area contributed by atoms with Crippen LogP contribution in [0, 0.1) is 0 Å². The van der Waals surface area contributed by atoms with E-state index in [0.29, 0.717) is 17.9 Å². The van der Waals surface area contributed by atoms with Gasteiger partial charge >= 0.3 is 0 Å². The van der Waals surface area contributed by atoms with Crippen molar-refractivity contribution in [1.29, 1.82) is 0 Å². The molecule has 0 atom stereocenters. The van der Waals surface area contributed by atoms with Gasteiger partial charge in [-0.1, -0.05) is 36.4 Å². The Bertz CT molecular complexity index is 1130. The number of methoxy groups -OCH3 is 1. The van der Waals surface area contributed by atoms with Crippen LogP contribution in [0.3, 0.4) is 0 Å². The summed E-state index contributed by atoms with van der Waals surface area (Å²) >= 11 is 1.57. The molecule has 0 aliphatic heterocycles. The van der Waals surface area contributed by atoms with Crippen LogP contribution in [0.25, 0.3) is 21.8 Å². The first-order valence-electron chi connectivity index (χ1n) is 10.1. The Labute approximate surface area is 185 Å². The van der Waals surface area contributed by atoms with Gasteiger partial charge in [0, 0.05) is 12.0 Å². The number of benzene rings is 2. The number of thiophene rings is 1. The Kier molecular flexibility index (Phi) is 6.69. The maximum atomic E-state index is 12.6. The topological polar surface area (TPSA) is 64.1 Å². The molecule has 1 amide bonds. The molecule has 0 aliphatic carbocycles. The molecule has 0 unspecified atom stereocenters. The lowest BCUT2D eigenvalue weighted by atomic mass is 10.1. The number of amides is 1. The summed E-state index contributed by atoms with van der Waals surface area (Å²) in [5.41, 5.74) is 3.60. The molecule has 0 radical (unpaired) electrons. The molecule has 5 nitrogen and oxygen atoms in total. The van der Waals surface area contributed by atoms with Crippen LogP contribution in [0.5, 0.6) is 5.75 Å². The van der Waals surface area contributed by atoms with Crippen molar-refractivity contribution < 1.29 is 9.53 Å². The first-order chi connectivity index (χ1) is 15.2. The predicted octanol–water partition coefficient (Wildman–Crippen LogP) is 5.84. The number of rotatable bonds is 8. The van der Waals surface area contributed by atoms with Crippen LogP contribution < -0.4 is 10.1 Å². The number of ether oxygens (including phenoxy) is 1. The van der Waals surface area contributed by atoms with E-state index in [0.717, 1.165) is 34.7 Å². The number of nitrogens with one attached hydrogen (secondary N) is 1. The second-order valence-electron chi connectivity index (χ2n) is 7.05. The predicted molar refractivity (Wildman–Crippen MR) is 125 cm³/mol. The van der Waals surface area contributed by atoms with Crippen LogP contribution in [0.15, 0.2) is 78.3 Å². The van der Waals surface area contributed by atoms with Crippen LogP contribution in [-0.2, 0) is 11.2 Å². The fourth-order valence-corrected chi connectivity index (χ4v) is 3.97. The van der Waals surface area contributed by atoms with Crippen molar-refractivity contribution in [2.24, 2.45) is 0 Å². The first-order valence-corrected chi connectivity index (χ1v) is 11.0. The molecule has 0 bridgehead atoms. The number of hydrogen-bond donors (Lipinski definition) is 1. The third-order valence-corrected chi connectivity index (χ3v) is 5.76. The third kappa shape index (κ3) is 5.35. The lowest BCUT2D eigenvalue weighted by Crippen LogP contribution is -2.14. The molecular weight excluding hydrogens is 406 g/mol. The SMILES string of the molecule is COc1ccc(-c2cnc(NC(=O)CCCc3ccccc3)c(-c3cccs3)n2)cc1. The third-order valence-electron chi connectivity index (χ3n) is 4.88. The van der Waals surface area contributed by atoms with Gasteiger partial charge in [-0.3, -0.25) is 4.79 Å². The summed E-state index contributed by atoms with van der Waals surface area (Å²) in [5.74, 6) is 1.22. The number of nitrogens with zero attached hydrogens (tertiary/aromatic N) is 2. The molecule has 2 heterocycles. The van der Waals surface area contributed by atoms with Crippen molar-refractivity contribution in [2.45, 2.75) is 19.3 Å². The monoisotopic (exact) mass is 429 g/mol. The fraction of sp³-hybridized carbons (Fsp3) is 0.160. The zero-order chi connectivity index (χ0) is 21.5. The van der Waals surface area contributed by atoms with Crippen LogP contribution in [0.4, 0.5) is 5.82 Å². The molecule has 0 saturated carbocycles. The number of anilines is 1.